The van der Waals surface area contributed by atoms with Gasteiger partial charge in [0.15, 0.2) is 0 Å². The third-order valence-electron chi connectivity index (χ3n) is 6.13. The molecule has 2 aromatic carbocycles. The number of carbonyl (C=O) groups is 4. The van der Waals surface area contributed by atoms with E-state index in [-0.39, 0.29) is 31.4 Å². The maximum atomic E-state index is 12.5. The van der Waals surface area contributed by atoms with Gasteiger partial charge in [0.05, 0.1) is 0 Å². The summed E-state index contributed by atoms with van der Waals surface area (Å²) in [5.41, 5.74) is 4.10. The third kappa shape index (κ3) is 4.61. The van der Waals surface area contributed by atoms with Crippen LogP contribution in [0.3, 0.4) is 0 Å². The number of benzene rings is 2. The molecular formula is C26H21N3O8. The number of aromatic hydroxyl groups is 2. The van der Waals surface area contributed by atoms with Gasteiger partial charge in [-0.05, 0) is 34.4 Å². The van der Waals surface area contributed by atoms with Crippen LogP contribution in [0.5, 0.6) is 11.8 Å². The minimum atomic E-state index is -1.13. The number of nitrogens with zero attached hydrogens (tertiary/aromatic N) is 2. The fraction of sp³-hybridized carbons (Fsp3) is 0.154. The van der Waals surface area contributed by atoms with Crippen LogP contribution in [0, 0.1) is 0 Å². The topological polar surface area (TPSA) is 147 Å². The predicted molar refractivity (Wildman–Crippen MR) is 129 cm³/mol. The molecule has 1 atom stereocenters. The number of nitrogens with one attached hydrogen (secondary N) is 1. The van der Waals surface area contributed by atoms with Crippen LogP contribution >= 0.6 is 0 Å². The van der Waals surface area contributed by atoms with Gasteiger partial charge < -0.3 is 20.3 Å². The van der Waals surface area contributed by atoms with E-state index in [9.17, 15) is 29.4 Å². The van der Waals surface area contributed by atoms with Gasteiger partial charge >= 0.3 is 6.16 Å². The van der Waals surface area contributed by atoms with Gasteiger partial charge in [-0.3, -0.25) is 24.1 Å². The Balaban J connectivity index is 1.28. The Morgan fingerprint density at radius 1 is 0.892 bits per heavy atom. The molecular weight excluding hydrogens is 482 g/mol. The van der Waals surface area contributed by atoms with Gasteiger partial charge in [-0.1, -0.05) is 30.3 Å². The zero-order valence-electron chi connectivity index (χ0n) is 19.3. The van der Waals surface area contributed by atoms with E-state index in [0.29, 0.717) is 10.4 Å². The number of fused-ring (bicyclic) bond motifs is 3. The maximum Gasteiger partial charge on any atom is 0.534 e. The number of carbonyl (C=O) groups excluding carboxylic acids is 4. The van der Waals surface area contributed by atoms with Crippen LogP contribution in [0.4, 0.5) is 10.5 Å². The molecule has 3 N–H and O–H groups in total. The molecule has 5 rings (SSSR count). The van der Waals surface area contributed by atoms with Crippen molar-refractivity contribution in [2.75, 3.05) is 18.5 Å². The monoisotopic (exact) mass is 503 g/mol. The van der Waals surface area contributed by atoms with E-state index >= 15 is 0 Å². The number of ether oxygens (including phenoxy) is 1. The van der Waals surface area contributed by atoms with Crippen LogP contribution in [0.2, 0.25) is 0 Å². The van der Waals surface area contributed by atoms with Crippen molar-refractivity contribution in [1.29, 1.82) is 0 Å². The summed E-state index contributed by atoms with van der Waals surface area (Å²) in [4.78, 5) is 53.9. The molecule has 1 aliphatic carbocycles. The molecule has 1 aromatic heterocycles. The van der Waals surface area contributed by atoms with Crippen LogP contribution in [0.15, 0.2) is 66.7 Å². The molecule has 0 saturated heterocycles. The average Bonchev–Trinajstić information content (AvgIpc) is 3.49. The maximum absolute atomic E-state index is 12.5. The van der Waals surface area contributed by atoms with Crippen LogP contribution in [-0.4, -0.2) is 56.9 Å². The van der Waals surface area contributed by atoms with Crippen molar-refractivity contribution in [3.8, 4) is 22.9 Å². The van der Waals surface area contributed by atoms with E-state index in [1.165, 1.54) is 12.2 Å². The second-order valence-electron chi connectivity index (χ2n) is 8.40. The van der Waals surface area contributed by atoms with Gasteiger partial charge in [0, 0.05) is 48.9 Å². The Labute approximate surface area is 210 Å². The number of rotatable bonds is 7. The van der Waals surface area contributed by atoms with E-state index in [1.54, 1.807) is 12.1 Å². The minimum absolute atomic E-state index is 0.0298. The molecule has 1 unspecified atom stereocenters. The molecule has 0 fully saturated rings. The Bertz CT molecular complexity index is 1420. The van der Waals surface area contributed by atoms with Gasteiger partial charge in [0.2, 0.25) is 17.7 Å². The summed E-state index contributed by atoms with van der Waals surface area (Å²) >= 11 is 0. The lowest BCUT2D eigenvalue weighted by Crippen LogP contribution is -2.33. The molecule has 3 aromatic rings. The van der Waals surface area contributed by atoms with Gasteiger partial charge in [-0.25, -0.2) is 4.79 Å². The van der Waals surface area contributed by atoms with Crippen LogP contribution < -0.4 is 10.2 Å². The van der Waals surface area contributed by atoms with Crippen molar-refractivity contribution in [3.63, 3.8) is 0 Å². The quantitative estimate of drug-likeness (QED) is 0.329. The van der Waals surface area contributed by atoms with Gasteiger partial charge in [-0.15, -0.1) is 4.73 Å². The smallest absolute Gasteiger partial charge is 0.492 e. The van der Waals surface area contributed by atoms with Crippen molar-refractivity contribution in [1.82, 2.24) is 9.63 Å². The number of aromatic nitrogens is 1. The molecule has 2 aliphatic rings. The van der Waals surface area contributed by atoms with E-state index in [4.69, 9.17) is 9.57 Å². The highest BCUT2D eigenvalue weighted by molar-refractivity contribution is 6.13. The van der Waals surface area contributed by atoms with Crippen molar-refractivity contribution < 1.29 is 39.0 Å². The molecule has 3 amide bonds. The van der Waals surface area contributed by atoms with Crippen LogP contribution in [0.1, 0.15) is 23.5 Å². The van der Waals surface area contributed by atoms with Crippen molar-refractivity contribution in [3.05, 3.63) is 77.9 Å². The molecule has 0 spiro atoms. The summed E-state index contributed by atoms with van der Waals surface area (Å²) in [5.74, 6) is -2.57. The van der Waals surface area contributed by atoms with Crippen molar-refractivity contribution >= 4 is 29.6 Å². The summed E-state index contributed by atoms with van der Waals surface area (Å²) in [5, 5.41) is 22.1. The third-order valence-corrected chi connectivity index (χ3v) is 6.13. The molecule has 2 heterocycles. The zero-order chi connectivity index (χ0) is 26.1. The number of hydrogen-bond donors (Lipinski definition) is 3. The molecule has 37 heavy (non-hydrogen) atoms. The fourth-order valence-electron chi connectivity index (χ4n) is 4.40. The summed E-state index contributed by atoms with van der Waals surface area (Å²) < 4.78 is 5.83. The standard InChI is InChI=1S/C26H21N3O8/c30-21(11-12-28-22(31)7-8-23(28)32)27-15-5-6-18-16-3-1-2-4-17(16)20(19(18)13-15)14-36-26(35)37-29-24(33)9-10-25(29)34/h1-10,13,20,33-34H,11-12,14H2,(H,27,30). The summed E-state index contributed by atoms with van der Waals surface area (Å²) in [7, 11) is 0. The van der Waals surface area contributed by atoms with Crippen molar-refractivity contribution in [2.45, 2.75) is 12.3 Å². The molecule has 0 radical (unpaired) electrons. The van der Waals surface area contributed by atoms with Crippen LogP contribution in [0.25, 0.3) is 11.1 Å². The molecule has 0 saturated carbocycles. The number of anilines is 1. The fourth-order valence-corrected chi connectivity index (χ4v) is 4.40. The Morgan fingerprint density at radius 3 is 2.30 bits per heavy atom. The first-order valence-corrected chi connectivity index (χ1v) is 11.3. The number of hydrogen-bond acceptors (Lipinski definition) is 8. The Kier molecular flexibility index (Phi) is 6.10. The second-order valence-corrected chi connectivity index (χ2v) is 8.40. The van der Waals surface area contributed by atoms with Gasteiger partial charge in [0.1, 0.15) is 6.61 Å². The highest BCUT2D eigenvalue weighted by atomic mass is 16.8. The van der Waals surface area contributed by atoms with Gasteiger partial charge in [-0.2, -0.15) is 0 Å². The predicted octanol–water partition coefficient (Wildman–Crippen LogP) is 2.53. The first-order valence-electron chi connectivity index (χ1n) is 11.3. The average molecular weight is 503 g/mol. The second kappa shape index (κ2) is 9.53. The van der Waals surface area contributed by atoms with E-state index < -0.39 is 29.7 Å². The Hall–Kier alpha value is -5.06. The minimum Gasteiger partial charge on any atom is -0.492 e. The molecule has 0 bridgehead atoms. The largest absolute Gasteiger partial charge is 0.534 e. The first-order chi connectivity index (χ1) is 17.8. The Morgan fingerprint density at radius 2 is 1.57 bits per heavy atom. The zero-order valence-corrected chi connectivity index (χ0v) is 19.3. The summed E-state index contributed by atoms with van der Waals surface area (Å²) in [6.07, 6.45) is 1.15. The number of imide groups is 1. The molecule has 1 aliphatic heterocycles. The molecule has 188 valence electrons. The lowest BCUT2D eigenvalue weighted by atomic mass is 9.97. The van der Waals surface area contributed by atoms with E-state index in [1.807, 2.05) is 30.3 Å². The lowest BCUT2D eigenvalue weighted by molar-refractivity contribution is -0.137. The summed E-state index contributed by atoms with van der Waals surface area (Å²) in [6, 6.07) is 15.3. The SMILES string of the molecule is O=C(CCN1C(=O)C=CC1=O)Nc1ccc2c(c1)C(COC(=O)On1c(O)ccc1O)c1ccccc1-2. The van der Waals surface area contributed by atoms with E-state index in [2.05, 4.69) is 5.32 Å². The highest BCUT2D eigenvalue weighted by Gasteiger charge is 2.30. The number of amides is 3. The highest BCUT2D eigenvalue weighted by Crippen LogP contribution is 2.45. The van der Waals surface area contributed by atoms with Gasteiger partial charge in [0.25, 0.3) is 11.8 Å². The first kappa shape index (κ1) is 23.7. The summed E-state index contributed by atoms with van der Waals surface area (Å²) in [6.45, 7) is -0.132. The van der Waals surface area contributed by atoms with Crippen LogP contribution in [-0.2, 0) is 19.1 Å². The normalized spacial score (nSPS) is 15.5. The lowest BCUT2D eigenvalue weighted by Gasteiger charge is -2.16. The molecule has 11 heteroatoms. The molecule has 11 nitrogen and oxygen atoms in total. The van der Waals surface area contributed by atoms with Crippen molar-refractivity contribution in [2.24, 2.45) is 0 Å². The van der Waals surface area contributed by atoms with E-state index in [0.717, 1.165) is 39.3 Å².